The molecular weight excluding hydrogens is 337 g/mol. The quantitative estimate of drug-likeness (QED) is 0.457. The summed E-state index contributed by atoms with van der Waals surface area (Å²) < 4.78 is 21.3. The first-order valence-electron chi connectivity index (χ1n) is 7.79. The van der Waals surface area contributed by atoms with Crippen molar-refractivity contribution in [2.75, 3.05) is 5.75 Å². The van der Waals surface area contributed by atoms with Gasteiger partial charge in [0.05, 0.1) is 0 Å². The molecule has 25 heavy (non-hydrogen) atoms. The summed E-state index contributed by atoms with van der Waals surface area (Å²) in [5.41, 5.74) is 1.99. The maximum atomic E-state index is 13.7. The van der Waals surface area contributed by atoms with Crippen LogP contribution in [0.15, 0.2) is 71.9 Å². The lowest BCUT2D eigenvalue weighted by Crippen LogP contribution is -2.07. The Hall–Kier alpha value is -2.60. The highest BCUT2D eigenvalue weighted by molar-refractivity contribution is 7.99. The minimum Gasteiger partial charge on any atom is -0.483 e. The molecule has 0 saturated heterocycles. The molecule has 3 rings (SSSR count). The fourth-order valence-electron chi connectivity index (χ4n) is 2.22. The molecule has 0 spiro atoms. The smallest absolute Gasteiger partial charge is 0.196 e. The second-order valence-corrected chi connectivity index (χ2v) is 6.48. The molecule has 1 aromatic heterocycles. The van der Waals surface area contributed by atoms with E-state index >= 15 is 0 Å². The molecule has 0 N–H and O–H groups in total. The maximum absolute atomic E-state index is 13.7. The molecule has 0 amide bonds. The molecule has 0 saturated carbocycles. The molecule has 0 atom stereocenters. The van der Waals surface area contributed by atoms with Gasteiger partial charge in [-0.3, -0.25) is 4.57 Å². The van der Waals surface area contributed by atoms with Gasteiger partial charge in [0, 0.05) is 11.4 Å². The van der Waals surface area contributed by atoms with Crippen molar-refractivity contribution in [2.45, 2.75) is 18.7 Å². The van der Waals surface area contributed by atoms with Crippen LogP contribution in [-0.2, 0) is 6.61 Å². The summed E-state index contributed by atoms with van der Waals surface area (Å²) in [6.45, 7) is 6.01. The summed E-state index contributed by atoms with van der Waals surface area (Å²) >= 11 is 1.56. The van der Waals surface area contributed by atoms with E-state index in [1.165, 1.54) is 6.07 Å². The van der Waals surface area contributed by atoms with Crippen molar-refractivity contribution >= 4 is 11.8 Å². The molecule has 0 unspecified atom stereocenters. The van der Waals surface area contributed by atoms with Gasteiger partial charge in [-0.25, -0.2) is 4.39 Å². The monoisotopic (exact) mass is 355 g/mol. The second kappa shape index (κ2) is 7.98. The number of benzene rings is 2. The normalized spacial score (nSPS) is 10.6. The van der Waals surface area contributed by atoms with Crippen LogP contribution < -0.4 is 4.74 Å². The summed E-state index contributed by atoms with van der Waals surface area (Å²) in [5, 5.41) is 9.24. The van der Waals surface area contributed by atoms with Crippen LogP contribution in [0, 0.1) is 5.82 Å². The Bertz CT molecular complexity index is 864. The number of para-hydroxylation sites is 2. The van der Waals surface area contributed by atoms with E-state index in [2.05, 4.69) is 16.8 Å². The van der Waals surface area contributed by atoms with Crippen molar-refractivity contribution < 1.29 is 9.13 Å². The minimum absolute atomic E-state index is 0.121. The van der Waals surface area contributed by atoms with E-state index in [9.17, 15) is 4.39 Å². The van der Waals surface area contributed by atoms with Crippen LogP contribution in [-0.4, -0.2) is 20.5 Å². The number of halogens is 1. The topological polar surface area (TPSA) is 39.9 Å². The van der Waals surface area contributed by atoms with Crippen molar-refractivity contribution in [3.63, 3.8) is 0 Å². The fourth-order valence-corrected chi connectivity index (χ4v) is 3.03. The van der Waals surface area contributed by atoms with Gasteiger partial charge in [-0.2, -0.15) is 0 Å². The van der Waals surface area contributed by atoms with Crippen LogP contribution in [0.4, 0.5) is 4.39 Å². The lowest BCUT2D eigenvalue weighted by atomic mass is 10.3. The van der Waals surface area contributed by atoms with E-state index in [0.717, 1.165) is 22.2 Å². The number of ether oxygens (including phenoxy) is 1. The average Bonchev–Trinajstić information content (AvgIpc) is 3.03. The van der Waals surface area contributed by atoms with Crippen molar-refractivity contribution in [1.82, 2.24) is 14.8 Å². The number of thioether (sulfide) groups is 1. The van der Waals surface area contributed by atoms with Crippen molar-refractivity contribution in [3.8, 4) is 11.4 Å². The van der Waals surface area contributed by atoms with Crippen LogP contribution in [0.3, 0.4) is 0 Å². The van der Waals surface area contributed by atoms with Crippen LogP contribution in [0.1, 0.15) is 12.7 Å². The first kappa shape index (κ1) is 17.2. The van der Waals surface area contributed by atoms with Gasteiger partial charge in [-0.05, 0) is 31.2 Å². The minimum atomic E-state index is -0.398. The molecule has 4 nitrogen and oxygen atoms in total. The van der Waals surface area contributed by atoms with Crippen LogP contribution in [0.5, 0.6) is 5.75 Å². The first-order valence-corrected chi connectivity index (χ1v) is 8.78. The molecule has 0 aliphatic carbocycles. The van der Waals surface area contributed by atoms with Crippen molar-refractivity contribution in [2.24, 2.45) is 0 Å². The fraction of sp³-hybridized carbons (Fsp3) is 0.158. The summed E-state index contributed by atoms with van der Waals surface area (Å²) in [7, 11) is 0. The molecule has 2 aromatic carbocycles. The number of rotatable bonds is 7. The third kappa shape index (κ3) is 4.28. The first-order chi connectivity index (χ1) is 12.1. The van der Waals surface area contributed by atoms with Crippen LogP contribution in [0.25, 0.3) is 5.69 Å². The summed E-state index contributed by atoms with van der Waals surface area (Å²) in [4.78, 5) is 0. The largest absolute Gasteiger partial charge is 0.483 e. The van der Waals surface area contributed by atoms with E-state index in [1.807, 2.05) is 41.8 Å². The molecule has 1 heterocycles. The second-order valence-electron chi connectivity index (χ2n) is 5.53. The van der Waals surface area contributed by atoms with Gasteiger partial charge < -0.3 is 4.74 Å². The molecular formula is C19H18FN3OS. The van der Waals surface area contributed by atoms with Crippen LogP contribution in [0.2, 0.25) is 0 Å². The Morgan fingerprint density at radius 1 is 1.12 bits per heavy atom. The van der Waals surface area contributed by atoms with E-state index in [1.54, 1.807) is 30.0 Å². The van der Waals surface area contributed by atoms with E-state index < -0.39 is 5.82 Å². The summed E-state index contributed by atoms with van der Waals surface area (Å²) in [5.74, 6) is 1.16. The zero-order valence-electron chi connectivity index (χ0n) is 13.9. The summed E-state index contributed by atoms with van der Waals surface area (Å²) in [6, 6.07) is 16.1. The van der Waals surface area contributed by atoms with E-state index in [4.69, 9.17) is 4.74 Å². The Morgan fingerprint density at radius 3 is 2.56 bits per heavy atom. The van der Waals surface area contributed by atoms with Gasteiger partial charge in [0.15, 0.2) is 22.5 Å². The van der Waals surface area contributed by atoms with Crippen molar-refractivity contribution in [3.05, 3.63) is 78.4 Å². The standard InChI is InChI=1S/C19H18FN3OS/c1-14(2)13-25-19-22-21-18(23(19)15-8-4-3-5-9-15)12-24-17-11-7-6-10-16(17)20/h3-11H,1,12-13H2,2H3. The molecule has 128 valence electrons. The van der Waals surface area contributed by atoms with E-state index in [0.29, 0.717) is 5.82 Å². The lowest BCUT2D eigenvalue weighted by Gasteiger charge is -2.11. The molecule has 3 aromatic rings. The number of hydrogen-bond acceptors (Lipinski definition) is 4. The molecule has 0 aliphatic heterocycles. The summed E-state index contributed by atoms with van der Waals surface area (Å²) in [6.07, 6.45) is 0. The Labute approximate surface area is 150 Å². The highest BCUT2D eigenvalue weighted by Gasteiger charge is 2.15. The van der Waals surface area contributed by atoms with Gasteiger partial charge in [0.1, 0.15) is 6.61 Å². The highest BCUT2D eigenvalue weighted by atomic mass is 32.2. The number of aromatic nitrogens is 3. The van der Waals surface area contributed by atoms with Crippen LogP contribution >= 0.6 is 11.8 Å². The third-order valence-electron chi connectivity index (χ3n) is 3.36. The Morgan fingerprint density at radius 2 is 1.84 bits per heavy atom. The SMILES string of the molecule is C=C(C)CSc1nnc(COc2ccccc2F)n1-c1ccccc1. The van der Waals surface area contributed by atoms with Gasteiger partial charge in [0.2, 0.25) is 0 Å². The molecule has 0 fully saturated rings. The predicted molar refractivity (Wildman–Crippen MR) is 97.6 cm³/mol. The molecule has 0 bridgehead atoms. The Kier molecular flexibility index (Phi) is 5.50. The maximum Gasteiger partial charge on any atom is 0.196 e. The lowest BCUT2D eigenvalue weighted by molar-refractivity contribution is 0.278. The molecule has 0 aliphatic rings. The van der Waals surface area contributed by atoms with Gasteiger partial charge in [-0.15, -0.1) is 10.2 Å². The molecule has 0 radical (unpaired) electrons. The number of hydrogen-bond donors (Lipinski definition) is 0. The zero-order valence-corrected chi connectivity index (χ0v) is 14.7. The van der Waals surface area contributed by atoms with Crippen molar-refractivity contribution in [1.29, 1.82) is 0 Å². The zero-order chi connectivity index (χ0) is 17.6. The van der Waals surface area contributed by atoms with Gasteiger partial charge in [0.25, 0.3) is 0 Å². The number of nitrogens with zero attached hydrogens (tertiary/aromatic N) is 3. The van der Waals surface area contributed by atoms with E-state index in [-0.39, 0.29) is 12.4 Å². The Balaban J connectivity index is 1.88. The predicted octanol–water partition coefficient (Wildman–Crippen LogP) is 4.65. The van der Waals surface area contributed by atoms with Gasteiger partial charge >= 0.3 is 0 Å². The average molecular weight is 355 g/mol. The highest BCUT2D eigenvalue weighted by Crippen LogP contribution is 2.24. The molecule has 6 heteroatoms. The third-order valence-corrected chi connectivity index (χ3v) is 4.52. The van der Waals surface area contributed by atoms with Gasteiger partial charge in [-0.1, -0.05) is 54.2 Å².